The van der Waals surface area contributed by atoms with E-state index in [9.17, 15) is 39.5 Å². The average molecular weight is 1010 g/mol. The third-order valence-corrected chi connectivity index (χ3v) is 10.5. The van der Waals surface area contributed by atoms with Gasteiger partial charge in [-0.05, 0) is 0 Å². The monoisotopic (exact) mass is 1010 g/mol. The Kier molecular flexibility index (Phi) is 10.3. The highest BCUT2D eigenvalue weighted by molar-refractivity contribution is 6.41. The van der Waals surface area contributed by atoms with Crippen LogP contribution in [0, 0.1) is 145 Å². The highest BCUT2D eigenvalue weighted by Gasteiger charge is 2.44. The first-order chi connectivity index (χ1) is 32.2. The molecule has 356 valence electrons. The van der Waals surface area contributed by atoms with Gasteiger partial charge in [0, 0.05) is 10.8 Å². The maximum Gasteiger partial charge on any atom is 0.864 e. The molecule has 0 bridgehead atoms. The topological polar surface area (TPSA) is 27.7 Å². The maximum atomic E-state index is 16.3. The molecule has 0 saturated carbocycles. The molecule has 0 unspecified atom stereocenters. The Labute approximate surface area is 358 Å². The maximum absolute atomic E-state index is 16.3. The molecular weight excluding hydrogens is 1010 g/mol. The molecule has 0 amide bonds. The van der Waals surface area contributed by atoms with Gasteiger partial charge in [0.2, 0.25) is 17.5 Å². The highest BCUT2D eigenvalue weighted by Crippen LogP contribution is 2.50. The van der Waals surface area contributed by atoms with Crippen LogP contribution in [0.5, 0.6) is 17.2 Å². The summed E-state index contributed by atoms with van der Waals surface area (Å²) in [5.41, 5.74) is 0. The fourth-order valence-corrected chi connectivity index (χ4v) is 7.60. The van der Waals surface area contributed by atoms with Crippen molar-refractivity contribution in [2.24, 2.45) is 0 Å². The van der Waals surface area contributed by atoms with E-state index in [1.165, 1.54) is 0 Å². The molecule has 0 N–H and O–H groups in total. The summed E-state index contributed by atoms with van der Waals surface area (Å²) in [5.74, 6) is -83.3. The molecule has 0 heterocycles. The first-order valence-corrected chi connectivity index (χ1v) is 17.5. The molecule has 69 heavy (non-hydrogen) atoms. The Hall–Kier alpha value is -7.49. The van der Waals surface area contributed by atoms with Crippen molar-refractivity contribution in [3.8, 4) is 17.2 Å². The van der Waals surface area contributed by atoms with E-state index < -0.39 is 235 Å². The Morgan fingerprint density at radius 3 is 0.638 bits per heavy atom. The van der Waals surface area contributed by atoms with E-state index in [1.807, 2.05) is 0 Å². The van der Waals surface area contributed by atoms with Gasteiger partial charge < -0.3 is 14.0 Å². The van der Waals surface area contributed by atoms with E-state index in [4.69, 9.17) is 0 Å². The summed E-state index contributed by atoms with van der Waals surface area (Å²) in [4.78, 5) is 0. The van der Waals surface area contributed by atoms with Crippen molar-refractivity contribution >= 4 is 72.0 Å². The smallest absolute Gasteiger partial charge is 0.486 e. The lowest BCUT2D eigenvalue weighted by atomic mass is 9.90. The van der Waals surface area contributed by atoms with Crippen LogP contribution in [0.15, 0.2) is 0 Å². The standard InChI is InChI=1S/C40BF25O3/c42-13-6-7(21(50)30(59)29(58)20(6)49)14(43)11-8(13)22(51)33(62)36(65)39(11)68-41(69-40-12-9(24(53)34(63)37(40)66)23(52)31(60)32(61)27(12)56)67-38-10-2-1-3(15(44)16(45)5(2)25(54)35(38)64)18(47)28(57)19(48)4(1)17(46)26(10)55. The molecule has 9 aromatic rings. The summed E-state index contributed by atoms with van der Waals surface area (Å²) in [6.45, 7) is 0. The number of hydrogen-bond acceptors (Lipinski definition) is 3. The number of rotatable bonds is 6. The lowest BCUT2D eigenvalue weighted by molar-refractivity contribution is 0.283. The van der Waals surface area contributed by atoms with E-state index in [0.717, 1.165) is 0 Å². The van der Waals surface area contributed by atoms with Crippen LogP contribution in [0.1, 0.15) is 0 Å². The quantitative estimate of drug-likeness (QED) is 0.0415. The fraction of sp³-hybridized carbons (Fsp3) is 0. The summed E-state index contributed by atoms with van der Waals surface area (Å²) in [6.07, 6.45) is 0. The van der Waals surface area contributed by atoms with Gasteiger partial charge in [0.05, 0.1) is 53.9 Å². The minimum atomic E-state index is -4.39. The highest BCUT2D eigenvalue weighted by atomic mass is 19.2. The third kappa shape index (κ3) is 5.83. The van der Waals surface area contributed by atoms with Crippen LogP contribution in [-0.4, -0.2) is 7.32 Å². The van der Waals surface area contributed by atoms with Gasteiger partial charge in [-0.3, -0.25) is 0 Å². The summed E-state index contributed by atoms with van der Waals surface area (Å²) in [7, 11) is -4.39. The van der Waals surface area contributed by atoms with Crippen LogP contribution in [0.4, 0.5) is 110 Å². The predicted molar refractivity (Wildman–Crippen MR) is 182 cm³/mol. The van der Waals surface area contributed by atoms with Crippen molar-refractivity contribution in [1.29, 1.82) is 0 Å². The molecule has 0 spiro atoms. The molecule has 0 saturated heterocycles. The van der Waals surface area contributed by atoms with Gasteiger partial charge in [0.15, 0.2) is 134 Å². The predicted octanol–water partition coefficient (Wildman–Crippen LogP) is 14.0. The van der Waals surface area contributed by atoms with Gasteiger partial charge in [-0.25, -0.2) is 96.6 Å². The molecule has 0 aliphatic heterocycles. The molecule has 0 atom stereocenters. The molecule has 0 aromatic heterocycles. The Bertz CT molecular complexity index is 3870. The zero-order chi connectivity index (χ0) is 50.8. The van der Waals surface area contributed by atoms with Crippen LogP contribution in [-0.2, 0) is 0 Å². The second kappa shape index (κ2) is 15.3. The van der Waals surface area contributed by atoms with Crippen LogP contribution < -0.4 is 14.0 Å². The van der Waals surface area contributed by atoms with E-state index in [-0.39, 0.29) is 0 Å². The fourth-order valence-electron chi connectivity index (χ4n) is 7.60. The van der Waals surface area contributed by atoms with E-state index in [2.05, 4.69) is 14.0 Å². The van der Waals surface area contributed by atoms with E-state index in [0.29, 0.717) is 0 Å². The molecule has 3 nitrogen and oxygen atoms in total. The molecule has 0 fully saturated rings. The third-order valence-electron chi connectivity index (χ3n) is 10.5. The van der Waals surface area contributed by atoms with Crippen LogP contribution >= 0.6 is 0 Å². The summed E-state index contributed by atoms with van der Waals surface area (Å²) in [5, 5.41) is -28.4. The summed E-state index contributed by atoms with van der Waals surface area (Å²) >= 11 is 0. The van der Waals surface area contributed by atoms with Crippen molar-refractivity contribution in [2.75, 3.05) is 0 Å². The Morgan fingerprint density at radius 1 is 0.145 bits per heavy atom. The zero-order valence-corrected chi connectivity index (χ0v) is 31.3. The number of benzene rings is 9. The van der Waals surface area contributed by atoms with Gasteiger partial charge in [-0.2, -0.15) is 13.2 Å². The summed E-state index contributed by atoms with van der Waals surface area (Å²) in [6, 6.07) is 0. The van der Waals surface area contributed by atoms with Crippen LogP contribution in [0.2, 0.25) is 0 Å². The molecule has 29 heteroatoms. The number of hydrogen-bond donors (Lipinski definition) is 0. The minimum absolute atomic E-state index is 1.97. The van der Waals surface area contributed by atoms with Crippen molar-refractivity contribution in [3.63, 3.8) is 0 Å². The van der Waals surface area contributed by atoms with Crippen LogP contribution in [0.25, 0.3) is 64.6 Å². The zero-order valence-electron chi connectivity index (χ0n) is 31.3. The number of fused-ring (bicyclic) bond motifs is 3. The minimum Gasteiger partial charge on any atom is -0.486 e. The van der Waals surface area contributed by atoms with Crippen LogP contribution in [0.3, 0.4) is 0 Å². The second-order valence-electron chi connectivity index (χ2n) is 14.0. The van der Waals surface area contributed by atoms with Gasteiger partial charge in [0.1, 0.15) is 11.6 Å². The lowest BCUT2D eigenvalue weighted by Crippen LogP contribution is -2.38. The summed E-state index contributed by atoms with van der Waals surface area (Å²) < 4.78 is 395. The second-order valence-corrected chi connectivity index (χ2v) is 14.0. The van der Waals surface area contributed by atoms with Crippen molar-refractivity contribution in [3.05, 3.63) is 145 Å². The molecule has 0 aliphatic rings. The average Bonchev–Trinajstić information content (AvgIpc) is 3.31. The normalized spacial score (nSPS) is 12.1. The van der Waals surface area contributed by atoms with Gasteiger partial charge in [-0.15, -0.1) is 0 Å². The number of halogens is 25. The van der Waals surface area contributed by atoms with Crippen molar-refractivity contribution < 1.29 is 124 Å². The van der Waals surface area contributed by atoms with Crippen molar-refractivity contribution in [1.82, 2.24) is 0 Å². The molecule has 9 aromatic carbocycles. The molecule has 0 aliphatic carbocycles. The SMILES string of the molecule is Fc1c(F)c(F)c2c(OB(Oc3c(F)c(F)c(F)c4c(F)c5c(F)c(F)c(F)c(F)c5c(F)c34)Oc3c(F)c(F)c4c(F)c(F)c5c(F)c(F)c(F)c6c(F)c(F)c3c4c56)c(F)c(F)c(F)c2c1F. The van der Waals surface area contributed by atoms with Gasteiger partial charge in [-0.1, -0.05) is 0 Å². The van der Waals surface area contributed by atoms with Gasteiger partial charge >= 0.3 is 7.32 Å². The first kappa shape index (κ1) is 46.6. The molecule has 9 rings (SSSR count). The van der Waals surface area contributed by atoms with E-state index in [1.54, 1.807) is 0 Å². The van der Waals surface area contributed by atoms with E-state index >= 15 is 70.2 Å². The van der Waals surface area contributed by atoms with Crippen molar-refractivity contribution in [2.45, 2.75) is 0 Å². The molecule has 0 radical (unpaired) electrons. The van der Waals surface area contributed by atoms with Gasteiger partial charge in [0.25, 0.3) is 0 Å². The molecular formula is C40BF25O3. The Balaban J connectivity index is 1.43. The first-order valence-electron chi connectivity index (χ1n) is 17.5. The largest absolute Gasteiger partial charge is 0.864 e. The lowest BCUT2D eigenvalue weighted by Gasteiger charge is -2.23. The Morgan fingerprint density at radius 2 is 0.290 bits per heavy atom.